The van der Waals surface area contributed by atoms with Crippen LogP contribution in [0.1, 0.15) is 47.2 Å². The van der Waals surface area contributed by atoms with E-state index in [2.05, 4.69) is 260 Å². The third kappa shape index (κ3) is 5.41. The fraction of sp³-hybridized carbons (Fsp3) is 0.0571. The predicted molar refractivity (Wildman–Crippen MR) is 301 cm³/mol. The van der Waals surface area contributed by atoms with Crippen LogP contribution in [-0.2, 0) is 10.8 Å². The standard InChI is InChI=1S/C70H46N2O2/c1-69(2)55-28-12-6-21-46(55)49-37-35-45(42-60(49)69)71(44-36-39-63-54(41-44)51-25-11-17-33-62(51)72(63)43-19-4-3-5-20-43)61-32-16-10-24-50(61)52-27-18-34-64-67(52)74-68-65(73-64)40-38-59-66(68)53-26-9-15-31-58(53)70(59)56-29-13-7-22-47(56)48-23-8-14-30-57(48)70/h3-42H,1-2H3. The van der Waals surface area contributed by atoms with Gasteiger partial charge in [-0.2, -0.15) is 0 Å². The summed E-state index contributed by atoms with van der Waals surface area (Å²) in [5.74, 6) is 2.82. The second-order valence-corrected chi connectivity index (χ2v) is 20.7. The molecule has 0 radical (unpaired) electrons. The molecular weight excluding hydrogens is 901 g/mol. The van der Waals surface area contributed by atoms with Crippen molar-refractivity contribution in [1.29, 1.82) is 0 Å². The summed E-state index contributed by atoms with van der Waals surface area (Å²) in [7, 11) is 0. The molecule has 1 aromatic heterocycles. The quantitative estimate of drug-likeness (QED) is 0.172. The topological polar surface area (TPSA) is 26.6 Å². The first-order chi connectivity index (χ1) is 36.5. The van der Waals surface area contributed by atoms with Crippen LogP contribution in [0.5, 0.6) is 23.0 Å². The molecule has 16 rings (SSSR count). The van der Waals surface area contributed by atoms with Crippen LogP contribution in [0, 0.1) is 0 Å². The van der Waals surface area contributed by atoms with Crippen molar-refractivity contribution >= 4 is 38.9 Å². The predicted octanol–water partition coefficient (Wildman–Crippen LogP) is 18.5. The Morgan fingerprint density at radius 2 is 0.905 bits per heavy atom. The highest BCUT2D eigenvalue weighted by Crippen LogP contribution is 2.67. The van der Waals surface area contributed by atoms with Gasteiger partial charge in [-0.05, 0) is 128 Å². The number of fused-ring (bicyclic) bond motifs is 19. The molecule has 0 fully saturated rings. The molecule has 0 saturated heterocycles. The van der Waals surface area contributed by atoms with E-state index < -0.39 is 5.41 Å². The highest BCUT2D eigenvalue weighted by Gasteiger charge is 2.53. The maximum Gasteiger partial charge on any atom is 0.178 e. The zero-order valence-electron chi connectivity index (χ0n) is 40.8. The van der Waals surface area contributed by atoms with Gasteiger partial charge in [0.1, 0.15) is 0 Å². The van der Waals surface area contributed by atoms with Crippen LogP contribution in [-0.4, -0.2) is 4.57 Å². The van der Waals surface area contributed by atoms with E-state index in [-0.39, 0.29) is 5.41 Å². The van der Waals surface area contributed by atoms with E-state index >= 15 is 0 Å². The van der Waals surface area contributed by atoms with Crippen molar-refractivity contribution in [3.63, 3.8) is 0 Å². The Balaban J connectivity index is 0.899. The molecule has 11 aromatic carbocycles. The summed E-state index contributed by atoms with van der Waals surface area (Å²) in [6.45, 7) is 4.72. The minimum absolute atomic E-state index is 0.197. The highest BCUT2D eigenvalue weighted by atomic mass is 16.6. The highest BCUT2D eigenvalue weighted by molar-refractivity contribution is 6.11. The van der Waals surface area contributed by atoms with Gasteiger partial charge in [-0.3, -0.25) is 0 Å². The molecule has 4 nitrogen and oxygen atoms in total. The Morgan fingerprint density at radius 1 is 0.351 bits per heavy atom. The first kappa shape index (κ1) is 41.3. The van der Waals surface area contributed by atoms with Gasteiger partial charge in [-0.1, -0.05) is 190 Å². The summed E-state index contributed by atoms with van der Waals surface area (Å²) < 4.78 is 16.9. The van der Waals surface area contributed by atoms with Crippen molar-refractivity contribution in [2.24, 2.45) is 0 Å². The fourth-order valence-electron chi connectivity index (χ4n) is 13.6. The summed E-state index contributed by atoms with van der Waals surface area (Å²) in [5.41, 5.74) is 22.9. The second kappa shape index (κ2) is 15.1. The van der Waals surface area contributed by atoms with Gasteiger partial charge in [-0.15, -0.1) is 0 Å². The molecule has 0 unspecified atom stereocenters. The lowest BCUT2D eigenvalue weighted by atomic mass is 9.70. The molecule has 74 heavy (non-hydrogen) atoms. The third-order valence-corrected chi connectivity index (χ3v) is 16.7. The molecule has 4 heteroatoms. The summed E-state index contributed by atoms with van der Waals surface area (Å²) in [6.07, 6.45) is 0. The fourth-order valence-corrected chi connectivity index (χ4v) is 13.6. The average molecular weight is 947 g/mol. The number of rotatable bonds is 5. The zero-order valence-corrected chi connectivity index (χ0v) is 40.8. The smallest absolute Gasteiger partial charge is 0.178 e. The molecule has 0 saturated carbocycles. The molecule has 0 atom stereocenters. The summed E-state index contributed by atoms with van der Waals surface area (Å²) in [5, 5.41) is 2.39. The molecule has 0 N–H and O–H groups in total. The SMILES string of the molecule is CC1(C)c2ccccc2-c2ccc(N(c3ccc4c(c3)c3ccccc3n4-c3ccccc3)c3ccccc3-c3cccc4c3Oc3c(ccc5c3-c3ccccc3C53c5ccccc5-c5ccccc53)O4)cc21. The Kier molecular flexibility index (Phi) is 8.41. The number of para-hydroxylation sites is 4. The van der Waals surface area contributed by atoms with Gasteiger partial charge in [0.25, 0.3) is 0 Å². The summed E-state index contributed by atoms with van der Waals surface area (Å²) in [4.78, 5) is 2.45. The maximum absolute atomic E-state index is 7.52. The lowest BCUT2D eigenvalue weighted by Gasteiger charge is -2.32. The van der Waals surface area contributed by atoms with Crippen LogP contribution in [0.25, 0.3) is 72.0 Å². The molecule has 348 valence electrons. The zero-order chi connectivity index (χ0) is 48.9. The molecular formula is C70H46N2O2. The molecule has 3 aliphatic carbocycles. The minimum Gasteiger partial charge on any atom is -0.449 e. The second-order valence-electron chi connectivity index (χ2n) is 20.7. The van der Waals surface area contributed by atoms with Crippen molar-refractivity contribution in [1.82, 2.24) is 4.57 Å². The van der Waals surface area contributed by atoms with E-state index in [4.69, 9.17) is 9.47 Å². The Hall–Kier alpha value is -9.38. The van der Waals surface area contributed by atoms with E-state index in [1.54, 1.807) is 0 Å². The monoisotopic (exact) mass is 946 g/mol. The Bertz CT molecular complexity index is 4320. The van der Waals surface area contributed by atoms with Gasteiger partial charge in [0.15, 0.2) is 23.0 Å². The molecule has 2 heterocycles. The van der Waals surface area contributed by atoms with E-state index in [9.17, 15) is 0 Å². The number of aromatic nitrogens is 1. The van der Waals surface area contributed by atoms with Crippen molar-refractivity contribution in [2.75, 3.05) is 4.90 Å². The molecule has 4 aliphatic rings. The Morgan fingerprint density at radius 3 is 1.68 bits per heavy atom. The molecule has 0 bridgehead atoms. The van der Waals surface area contributed by atoms with Crippen LogP contribution in [0.15, 0.2) is 243 Å². The lowest BCUT2D eigenvalue weighted by Crippen LogP contribution is -2.25. The summed E-state index contributed by atoms with van der Waals surface area (Å²) in [6, 6.07) is 88.6. The number of ether oxygens (including phenoxy) is 2. The Labute approximate surface area is 429 Å². The molecule has 1 aliphatic heterocycles. The van der Waals surface area contributed by atoms with Crippen LogP contribution in [0.3, 0.4) is 0 Å². The van der Waals surface area contributed by atoms with Crippen LogP contribution in [0.2, 0.25) is 0 Å². The van der Waals surface area contributed by atoms with Gasteiger partial charge in [0.05, 0.1) is 22.1 Å². The van der Waals surface area contributed by atoms with Gasteiger partial charge < -0.3 is 18.9 Å². The molecule has 1 spiro atoms. The van der Waals surface area contributed by atoms with E-state index in [1.807, 2.05) is 6.07 Å². The van der Waals surface area contributed by atoms with Crippen molar-refractivity contribution in [3.8, 4) is 73.2 Å². The number of hydrogen-bond donors (Lipinski definition) is 0. The van der Waals surface area contributed by atoms with Crippen molar-refractivity contribution < 1.29 is 9.47 Å². The minimum atomic E-state index is -0.509. The van der Waals surface area contributed by atoms with E-state index in [0.29, 0.717) is 17.2 Å². The normalized spacial score (nSPS) is 14.2. The van der Waals surface area contributed by atoms with Crippen LogP contribution in [0.4, 0.5) is 17.1 Å². The number of anilines is 3. The van der Waals surface area contributed by atoms with Gasteiger partial charge in [-0.25, -0.2) is 0 Å². The van der Waals surface area contributed by atoms with E-state index in [0.717, 1.165) is 56.3 Å². The first-order valence-corrected chi connectivity index (χ1v) is 25.7. The van der Waals surface area contributed by atoms with Crippen LogP contribution < -0.4 is 14.4 Å². The maximum atomic E-state index is 7.52. The average Bonchev–Trinajstić information content (AvgIpc) is 4.22. The molecule has 0 amide bonds. The largest absolute Gasteiger partial charge is 0.449 e. The van der Waals surface area contributed by atoms with E-state index in [1.165, 1.54) is 71.9 Å². The van der Waals surface area contributed by atoms with Crippen LogP contribution >= 0.6 is 0 Å². The van der Waals surface area contributed by atoms with Gasteiger partial charge in [0.2, 0.25) is 0 Å². The number of nitrogens with zero attached hydrogens (tertiary/aromatic N) is 2. The number of benzene rings is 11. The summed E-state index contributed by atoms with van der Waals surface area (Å²) >= 11 is 0. The lowest BCUT2D eigenvalue weighted by molar-refractivity contribution is 0.361. The van der Waals surface area contributed by atoms with Gasteiger partial charge >= 0.3 is 0 Å². The van der Waals surface area contributed by atoms with Crippen molar-refractivity contribution in [3.05, 3.63) is 276 Å². The first-order valence-electron chi connectivity index (χ1n) is 25.7. The van der Waals surface area contributed by atoms with Gasteiger partial charge in [0, 0.05) is 49.9 Å². The molecule has 12 aromatic rings. The third-order valence-electron chi connectivity index (χ3n) is 16.7. The number of hydrogen-bond acceptors (Lipinski definition) is 3. The van der Waals surface area contributed by atoms with Crippen molar-refractivity contribution in [2.45, 2.75) is 24.7 Å².